The molecule has 0 amide bonds. The maximum Gasteiger partial charge on any atom is 0.127 e. The summed E-state index contributed by atoms with van der Waals surface area (Å²) in [5.41, 5.74) is 3.27. The molecule has 3 rings (SSSR count). The zero-order chi connectivity index (χ0) is 13.8. The molecule has 2 aliphatic rings. The highest BCUT2D eigenvalue weighted by atomic mass is 16.5. The molecule has 1 aliphatic carbocycles. The van der Waals surface area contributed by atoms with Gasteiger partial charge in [-0.1, -0.05) is 11.6 Å². The largest absolute Gasteiger partial charge is 0.507 e. The average Bonchev–Trinajstić information content (AvgIpc) is 2.25. The Morgan fingerprint density at radius 2 is 2.00 bits per heavy atom. The summed E-state index contributed by atoms with van der Waals surface area (Å²) in [6, 6.07) is 3.89. The van der Waals surface area contributed by atoms with Crippen LogP contribution >= 0.6 is 0 Å². The quantitative estimate of drug-likeness (QED) is 0.703. The first-order valence-corrected chi connectivity index (χ1v) is 7.08. The van der Waals surface area contributed by atoms with Crippen molar-refractivity contribution < 1.29 is 9.84 Å². The second-order valence-electron chi connectivity index (χ2n) is 6.59. The van der Waals surface area contributed by atoms with Gasteiger partial charge in [-0.2, -0.15) is 0 Å². The smallest absolute Gasteiger partial charge is 0.127 e. The number of ether oxygens (including phenoxy) is 1. The van der Waals surface area contributed by atoms with Gasteiger partial charge in [0.05, 0.1) is 0 Å². The Bertz CT molecular complexity index is 555. The molecule has 19 heavy (non-hydrogen) atoms. The monoisotopic (exact) mass is 258 g/mol. The summed E-state index contributed by atoms with van der Waals surface area (Å²) in [5.74, 6) is 1.96. The second-order valence-corrected chi connectivity index (χ2v) is 6.59. The lowest BCUT2D eigenvalue weighted by atomic mass is 9.68. The average molecular weight is 258 g/mol. The molecule has 1 aromatic carbocycles. The molecular weight excluding hydrogens is 236 g/mol. The fraction of sp³-hybridized carbons (Fsp3) is 0.529. The van der Waals surface area contributed by atoms with Crippen LogP contribution in [0.15, 0.2) is 23.8 Å². The van der Waals surface area contributed by atoms with Gasteiger partial charge in [0.1, 0.15) is 17.1 Å². The minimum atomic E-state index is -0.172. The van der Waals surface area contributed by atoms with Gasteiger partial charge >= 0.3 is 0 Å². The number of aryl methyl sites for hydroxylation is 1. The van der Waals surface area contributed by atoms with Crippen molar-refractivity contribution in [3.63, 3.8) is 0 Å². The molecule has 0 aromatic heterocycles. The number of phenolic OH excluding ortho intramolecular Hbond substituents is 1. The van der Waals surface area contributed by atoms with E-state index in [1.807, 2.05) is 19.1 Å². The number of hydrogen-bond acceptors (Lipinski definition) is 2. The summed E-state index contributed by atoms with van der Waals surface area (Å²) < 4.78 is 6.20. The first kappa shape index (κ1) is 12.6. The van der Waals surface area contributed by atoms with Crippen molar-refractivity contribution in [2.75, 3.05) is 0 Å². The van der Waals surface area contributed by atoms with Gasteiger partial charge in [-0.25, -0.2) is 0 Å². The lowest BCUT2D eigenvalue weighted by Gasteiger charge is -2.46. The first-order chi connectivity index (χ1) is 8.88. The summed E-state index contributed by atoms with van der Waals surface area (Å²) in [7, 11) is 0. The van der Waals surface area contributed by atoms with Crippen LogP contribution < -0.4 is 4.74 Å². The van der Waals surface area contributed by atoms with E-state index in [1.54, 1.807) is 0 Å². The maximum atomic E-state index is 10.3. The minimum Gasteiger partial charge on any atom is -0.507 e. The molecule has 0 radical (unpaired) electrons. The van der Waals surface area contributed by atoms with Gasteiger partial charge in [0.25, 0.3) is 0 Å². The van der Waals surface area contributed by atoms with Gasteiger partial charge in [-0.3, -0.25) is 0 Å². The Balaban J connectivity index is 2.21. The predicted octanol–water partition coefficient (Wildman–Crippen LogP) is 4.31. The molecule has 1 heterocycles. The minimum absolute atomic E-state index is 0.172. The molecule has 2 atom stereocenters. The Morgan fingerprint density at radius 1 is 1.26 bits per heavy atom. The summed E-state index contributed by atoms with van der Waals surface area (Å²) >= 11 is 0. The van der Waals surface area contributed by atoms with Gasteiger partial charge in [0.15, 0.2) is 0 Å². The molecule has 0 spiro atoms. The Kier molecular flexibility index (Phi) is 2.67. The van der Waals surface area contributed by atoms with Gasteiger partial charge in [0.2, 0.25) is 0 Å². The van der Waals surface area contributed by atoms with E-state index in [-0.39, 0.29) is 11.5 Å². The Hall–Kier alpha value is -1.44. The molecule has 2 nitrogen and oxygen atoms in total. The fourth-order valence-corrected chi connectivity index (χ4v) is 3.66. The van der Waals surface area contributed by atoms with Gasteiger partial charge < -0.3 is 9.84 Å². The van der Waals surface area contributed by atoms with Crippen LogP contribution in [0.25, 0.3) is 0 Å². The highest BCUT2D eigenvalue weighted by Crippen LogP contribution is 2.53. The zero-order valence-electron chi connectivity index (χ0n) is 12.2. The fourth-order valence-electron chi connectivity index (χ4n) is 3.66. The molecule has 1 N–H and O–H groups in total. The number of benzene rings is 1. The molecule has 0 fully saturated rings. The zero-order valence-corrected chi connectivity index (χ0v) is 12.2. The third-order valence-electron chi connectivity index (χ3n) is 4.61. The van der Waals surface area contributed by atoms with E-state index < -0.39 is 0 Å². The lowest BCUT2D eigenvalue weighted by Crippen LogP contribution is -2.45. The number of hydrogen-bond donors (Lipinski definition) is 1. The number of aromatic hydroxyl groups is 1. The Labute approximate surface area is 115 Å². The summed E-state index contributed by atoms with van der Waals surface area (Å²) in [4.78, 5) is 0. The molecule has 1 unspecified atom stereocenters. The van der Waals surface area contributed by atoms with Crippen molar-refractivity contribution in [1.82, 2.24) is 0 Å². The molecule has 1 aliphatic heterocycles. The van der Waals surface area contributed by atoms with Crippen LogP contribution in [0.4, 0.5) is 0 Å². The van der Waals surface area contributed by atoms with E-state index in [4.69, 9.17) is 4.74 Å². The van der Waals surface area contributed by atoms with Crippen LogP contribution in [0, 0.1) is 12.8 Å². The number of fused-ring (bicyclic) bond motifs is 3. The van der Waals surface area contributed by atoms with Crippen molar-refractivity contribution in [3.05, 3.63) is 34.9 Å². The van der Waals surface area contributed by atoms with Gasteiger partial charge in [-0.05, 0) is 58.2 Å². The van der Waals surface area contributed by atoms with Crippen molar-refractivity contribution >= 4 is 0 Å². The predicted molar refractivity (Wildman–Crippen MR) is 76.8 cm³/mol. The standard InChI is InChI=1S/C17H22O2/c1-10-5-6-13-12(7-10)16-14(18)8-11(2)9-15(16)19-17(13,3)4/h7-9,12-13,18H,5-6H2,1-4H3/t12?,13-/m1/s1. The van der Waals surface area contributed by atoms with Crippen molar-refractivity contribution in [1.29, 1.82) is 0 Å². The van der Waals surface area contributed by atoms with E-state index in [0.717, 1.165) is 29.7 Å². The topological polar surface area (TPSA) is 29.5 Å². The SMILES string of the molecule is CC1=CC2c3c(O)cc(C)cc3OC(C)(C)[C@@H]2CC1. The van der Waals surface area contributed by atoms with Crippen LogP contribution in [0.3, 0.4) is 0 Å². The highest BCUT2D eigenvalue weighted by molar-refractivity contribution is 5.53. The van der Waals surface area contributed by atoms with Crippen LogP contribution in [-0.4, -0.2) is 10.7 Å². The molecule has 0 bridgehead atoms. The molecular formula is C17H22O2. The van der Waals surface area contributed by atoms with Crippen LogP contribution in [0.5, 0.6) is 11.5 Å². The van der Waals surface area contributed by atoms with E-state index >= 15 is 0 Å². The molecule has 1 aromatic rings. The summed E-state index contributed by atoms with van der Waals surface area (Å²) in [5, 5.41) is 10.3. The number of phenols is 1. The molecule has 102 valence electrons. The normalized spacial score (nSPS) is 27.9. The second kappa shape index (κ2) is 4.03. The molecule has 2 heteroatoms. The van der Waals surface area contributed by atoms with Gasteiger partial charge in [0, 0.05) is 17.4 Å². The molecule has 0 saturated carbocycles. The number of rotatable bonds is 0. The van der Waals surface area contributed by atoms with Crippen LogP contribution in [0.2, 0.25) is 0 Å². The highest BCUT2D eigenvalue weighted by Gasteiger charge is 2.45. The number of allylic oxidation sites excluding steroid dienone is 2. The first-order valence-electron chi connectivity index (χ1n) is 7.08. The van der Waals surface area contributed by atoms with E-state index in [0.29, 0.717) is 11.7 Å². The third kappa shape index (κ3) is 1.94. The Morgan fingerprint density at radius 3 is 2.74 bits per heavy atom. The lowest BCUT2D eigenvalue weighted by molar-refractivity contribution is 0.0107. The van der Waals surface area contributed by atoms with E-state index in [9.17, 15) is 5.11 Å². The summed E-state index contributed by atoms with van der Waals surface area (Å²) in [6.07, 6.45) is 4.59. The van der Waals surface area contributed by atoms with Crippen LogP contribution in [-0.2, 0) is 0 Å². The van der Waals surface area contributed by atoms with Crippen molar-refractivity contribution in [2.45, 2.75) is 52.1 Å². The van der Waals surface area contributed by atoms with Gasteiger partial charge in [-0.15, -0.1) is 0 Å². The maximum absolute atomic E-state index is 10.3. The molecule has 0 saturated heterocycles. The van der Waals surface area contributed by atoms with Crippen molar-refractivity contribution in [3.8, 4) is 11.5 Å². The van der Waals surface area contributed by atoms with E-state index in [2.05, 4.69) is 26.8 Å². The van der Waals surface area contributed by atoms with Crippen molar-refractivity contribution in [2.24, 2.45) is 5.92 Å². The third-order valence-corrected chi connectivity index (χ3v) is 4.61. The van der Waals surface area contributed by atoms with Crippen LogP contribution in [0.1, 0.15) is 50.7 Å². The van der Waals surface area contributed by atoms with E-state index in [1.165, 1.54) is 5.57 Å². The summed E-state index contributed by atoms with van der Waals surface area (Å²) in [6.45, 7) is 8.51.